The van der Waals surface area contributed by atoms with Crippen LogP contribution in [0.5, 0.6) is 0 Å². The fourth-order valence-corrected chi connectivity index (χ4v) is 2.03. The molecule has 0 N–H and O–H groups in total. The molecule has 1 fully saturated rings. The number of nitriles is 1. The molecule has 0 unspecified atom stereocenters. The Labute approximate surface area is 111 Å². The molecule has 0 saturated carbocycles. The van der Waals surface area contributed by atoms with Crippen LogP contribution in [-0.4, -0.2) is 52.8 Å². The predicted molar refractivity (Wildman–Crippen MR) is 67.1 cm³/mol. The minimum atomic E-state index is -0.146. The van der Waals surface area contributed by atoms with E-state index in [2.05, 4.69) is 4.98 Å². The van der Waals surface area contributed by atoms with Gasteiger partial charge in [0.2, 0.25) is 5.91 Å². The van der Waals surface area contributed by atoms with E-state index in [-0.39, 0.29) is 11.8 Å². The van der Waals surface area contributed by atoms with Gasteiger partial charge in [-0.15, -0.1) is 0 Å². The van der Waals surface area contributed by atoms with Crippen LogP contribution in [0.15, 0.2) is 18.5 Å². The number of piperazine rings is 1. The first-order chi connectivity index (χ1) is 9.11. The molecule has 0 radical (unpaired) electrons. The summed E-state index contributed by atoms with van der Waals surface area (Å²) in [4.78, 5) is 30.7. The van der Waals surface area contributed by atoms with Gasteiger partial charge in [-0.05, 0) is 6.07 Å². The normalized spacial score (nSPS) is 14.9. The molecular formula is C13H14N4O2. The largest absolute Gasteiger partial charge is 0.339 e. The van der Waals surface area contributed by atoms with E-state index in [1.54, 1.807) is 9.80 Å². The average molecular weight is 258 g/mol. The van der Waals surface area contributed by atoms with Gasteiger partial charge in [-0.1, -0.05) is 0 Å². The summed E-state index contributed by atoms with van der Waals surface area (Å²) in [7, 11) is 0. The van der Waals surface area contributed by atoms with Crippen molar-refractivity contribution in [2.75, 3.05) is 26.2 Å². The standard InChI is InChI=1S/C13H14N4O2/c1-10(18)16-2-4-17(5-3-16)13(19)12-6-11(7-14)8-15-9-12/h6,8-9H,2-5H2,1H3. The monoisotopic (exact) mass is 258 g/mol. The van der Waals surface area contributed by atoms with E-state index >= 15 is 0 Å². The second-order valence-corrected chi connectivity index (χ2v) is 4.37. The van der Waals surface area contributed by atoms with Crippen molar-refractivity contribution in [2.24, 2.45) is 0 Å². The fraction of sp³-hybridized carbons (Fsp3) is 0.385. The maximum Gasteiger partial charge on any atom is 0.255 e. The second-order valence-electron chi connectivity index (χ2n) is 4.37. The Morgan fingerprint density at radius 3 is 2.42 bits per heavy atom. The summed E-state index contributed by atoms with van der Waals surface area (Å²) in [5.74, 6) is -0.118. The molecule has 2 rings (SSSR count). The molecule has 1 aliphatic rings. The molecule has 2 heterocycles. The molecular weight excluding hydrogens is 244 g/mol. The molecule has 2 amide bonds. The smallest absolute Gasteiger partial charge is 0.255 e. The summed E-state index contributed by atoms with van der Waals surface area (Å²) in [5, 5.41) is 8.79. The zero-order valence-corrected chi connectivity index (χ0v) is 10.7. The Hall–Kier alpha value is -2.42. The second kappa shape index (κ2) is 5.48. The highest BCUT2D eigenvalue weighted by atomic mass is 16.2. The molecule has 6 heteroatoms. The first-order valence-electron chi connectivity index (χ1n) is 6.02. The number of carbonyl (C=O) groups excluding carboxylic acids is 2. The lowest BCUT2D eigenvalue weighted by Gasteiger charge is -2.34. The molecule has 0 aromatic carbocycles. The van der Waals surface area contributed by atoms with E-state index in [9.17, 15) is 9.59 Å². The Morgan fingerprint density at radius 1 is 1.21 bits per heavy atom. The molecule has 0 bridgehead atoms. The molecule has 1 aromatic heterocycles. The van der Waals surface area contributed by atoms with Gasteiger partial charge in [0.15, 0.2) is 0 Å². The Morgan fingerprint density at radius 2 is 1.84 bits per heavy atom. The molecule has 98 valence electrons. The van der Waals surface area contributed by atoms with Crippen molar-refractivity contribution < 1.29 is 9.59 Å². The van der Waals surface area contributed by atoms with Gasteiger partial charge in [-0.2, -0.15) is 5.26 Å². The number of amides is 2. The van der Waals surface area contributed by atoms with Crippen LogP contribution in [0.25, 0.3) is 0 Å². The first kappa shape index (κ1) is 13.0. The van der Waals surface area contributed by atoms with E-state index in [1.807, 2.05) is 6.07 Å². The number of nitrogens with zero attached hydrogens (tertiary/aromatic N) is 4. The fourth-order valence-electron chi connectivity index (χ4n) is 2.03. The number of hydrogen-bond donors (Lipinski definition) is 0. The van der Waals surface area contributed by atoms with Gasteiger partial charge in [-0.3, -0.25) is 14.6 Å². The van der Waals surface area contributed by atoms with Crippen LogP contribution in [0.3, 0.4) is 0 Å². The summed E-state index contributed by atoms with van der Waals surface area (Å²) in [5.41, 5.74) is 0.781. The van der Waals surface area contributed by atoms with Crippen LogP contribution in [0.2, 0.25) is 0 Å². The summed E-state index contributed by atoms with van der Waals surface area (Å²) in [6.45, 7) is 3.64. The number of aromatic nitrogens is 1. The van der Waals surface area contributed by atoms with Crippen molar-refractivity contribution in [1.82, 2.24) is 14.8 Å². The van der Waals surface area contributed by atoms with Crippen molar-refractivity contribution in [3.05, 3.63) is 29.6 Å². The van der Waals surface area contributed by atoms with E-state index in [0.29, 0.717) is 37.3 Å². The average Bonchev–Trinajstić information content (AvgIpc) is 2.46. The van der Waals surface area contributed by atoms with E-state index < -0.39 is 0 Å². The first-order valence-corrected chi connectivity index (χ1v) is 6.02. The quantitative estimate of drug-likeness (QED) is 0.723. The van der Waals surface area contributed by atoms with E-state index in [0.717, 1.165) is 0 Å². The van der Waals surface area contributed by atoms with Gasteiger partial charge < -0.3 is 9.80 Å². The van der Waals surface area contributed by atoms with Crippen molar-refractivity contribution in [1.29, 1.82) is 5.26 Å². The van der Waals surface area contributed by atoms with Crippen LogP contribution in [0, 0.1) is 11.3 Å². The van der Waals surface area contributed by atoms with Crippen molar-refractivity contribution in [3.63, 3.8) is 0 Å². The summed E-state index contributed by atoms with van der Waals surface area (Å²) in [6, 6.07) is 3.50. The zero-order valence-electron chi connectivity index (χ0n) is 10.7. The van der Waals surface area contributed by atoms with Gasteiger partial charge in [0.05, 0.1) is 11.1 Å². The van der Waals surface area contributed by atoms with Crippen molar-refractivity contribution in [3.8, 4) is 6.07 Å². The van der Waals surface area contributed by atoms with Crippen LogP contribution in [0.4, 0.5) is 0 Å². The summed E-state index contributed by atoms with van der Waals surface area (Å²) < 4.78 is 0. The van der Waals surface area contributed by atoms with Gasteiger partial charge in [0.25, 0.3) is 5.91 Å². The van der Waals surface area contributed by atoms with Crippen molar-refractivity contribution in [2.45, 2.75) is 6.92 Å². The third-order valence-electron chi connectivity index (χ3n) is 3.13. The SMILES string of the molecule is CC(=O)N1CCN(C(=O)c2cncc(C#N)c2)CC1. The minimum Gasteiger partial charge on any atom is -0.339 e. The van der Waals surface area contributed by atoms with Crippen LogP contribution in [-0.2, 0) is 4.79 Å². The number of carbonyl (C=O) groups is 2. The molecule has 0 aliphatic carbocycles. The van der Waals surface area contributed by atoms with Crippen LogP contribution in [0.1, 0.15) is 22.8 Å². The maximum atomic E-state index is 12.2. The number of rotatable bonds is 1. The Kier molecular flexibility index (Phi) is 3.76. The van der Waals surface area contributed by atoms with E-state index in [4.69, 9.17) is 5.26 Å². The number of pyridine rings is 1. The lowest BCUT2D eigenvalue weighted by atomic mass is 10.2. The maximum absolute atomic E-state index is 12.2. The summed E-state index contributed by atoms with van der Waals surface area (Å²) >= 11 is 0. The molecule has 0 spiro atoms. The number of hydrogen-bond acceptors (Lipinski definition) is 4. The van der Waals surface area contributed by atoms with Gasteiger partial charge in [-0.25, -0.2) is 0 Å². The van der Waals surface area contributed by atoms with Gasteiger partial charge >= 0.3 is 0 Å². The van der Waals surface area contributed by atoms with Crippen LogP contribution >= 0.6 is 0 Å². The van der Waals surface area contributed by atoms with E-state index in [1.165, 1.54) is 25.4 Å². The Bertz CT molecular complexity index is 542. The highest BCUT2D eigenvalue weighted by Gasteiger charge is 2.23. The molecule has 6 nitrogen and oxygen atoms in total. The van der Waals surface area contributed by atoms with Gasteiger partial charge in [0.1, 0.15) is 6.07 Å². The lowest BCUT2D eigenvalue weighted by molar-refractivity contribution is -0.130. The topological polar surface area (TPSA) is 77.3 Å². The summed E-state index contributed by atoms with van der Waals surface area (Å²) in [6.07, 6.45) is 2.88. The Balaban J connectivity index is 2.05. The molecule has 0 atom stereocenters. The molecule has 1 aliphatic heterocycles. The highest BCUT2D eigenvalue weighted by molar-refractivity contribution is 5.94. The third-order valence-corrected chi connectivity index (χ3v) is 3.13. The lowest BCUT2D eigenvalue weighted by Crippen LogP contribution is -2.50. The highest BCUT2D eigenvalue weighted by Crippen LogP contribution is 2.09. The zero-order chi connectivity index (χ0) is 13.8. The van der Waals surface area contributed by atoms with Gasteiger partial charge in [0, 0.05) is 45.5 Å². The predicted octanol–water partition coefficient (Wildman–Crippen LogP) is 0.258. The third kappa shape index (κ3) is 2.88. The molecule has 1 aromatic rings. The minimum absolute atomic E-state index is 0.0280. The molecule has 1 saturated heterocycles. The van der Waals surface area contributed by atoms with Crippen LogP contribution < -0.4 is 0 Å². The van der Waals surface area contributed by atoms with Crippen molar-refractivity contribution >= 4 is 11.8 Å². The molecule has 19 heavy (non-hydrogen) atoms.